The van der Waals surface area contributed by atoms with Gasteiger partial charge in [0.15, 0.2) is 0 Å². The van der Waals surface area contributed by atoms with Gasteiger partial charge in [-0.3, -0.25) is 4.79 Å². The van der Waals surface area contributed by atoms with Crippen molar-refractivity contribution >= 4 is 71.0 Å². The summed E-state index contributed by atoms with van der Waals surface area (Å²) in [6, 6.07) is 23.9. The number of aryl methyl sites for hydroxylation is 1. The van der Waals surface area contributed by atoms with Gasteiger partial charge in [-0.2, -0.15) is 20.5 Å². The third-order valence-corrected chi connectivity index (χ3v) is 8.16. The third-order valence-electron chi connectivity index (χ3n) is 6.48. The zero-order chi connectivity index (χ0) is 32.4. The van der Waals surface area contributed by atoms with Crippen molar-refractivity contribution < 1.29 is 89.9 Å². The fourth-order valence-corrected chi connectivity index (χ4v) is 5.47. The number of benzene rings is 5. The molecule has 5 rings (SSSR count). The van der Waals surface area contributed by atoms with Crippen LogP contribution in [0.4, 0.5) is 34.1 Å². The summed E-state index contributed by atoms with van der Waals surface area (Å²) in [5.74, 6) is -0.296. The van der Waals surface area contributed by atoms with Crippen LogP contribution in [0.1, 0.15) is 15.9 Å². The predicted octanol–water partition coefficient (Wildman–Crippen LogP) is 0.630. The second kappa shape index (κ2) is 15.7. The Morgan fingerprint density at radius 3 is 1.85 bits per heavy atom. The number of nitrogens with zero attached hydrogens (tertiary/aromatic N) is 4. The molecule has 5 aromatic carbocycles. The molecule has 0 unspecified atom stereocenters. The molecule has 0 radical (unpaired) electrons. The van der Waals surface area contributed by atoms with Gasteiger partial charge in [0, 0.05) is 22.3 Å². The van der Waals surface area contributed by atoms with E-state index in [0.29, 0.717) is 40.1 Å². The van der Waals surface area contributed by atoms with Crippen LogP contribution in [0, 0.1) is 6.92 Å². The van der Waals surface area contributed by atoms with Crippen molar-refractivity contribution in [3.05, 3.63) is 108 Å². The molecule has 0 aliphatic rings. The van der Waals surface area contributed by atoms with Crippen LogP contribution < -0.4 is 70.2 Å². The molecule has 228 valence electrons. The number of azo groups is 2. The van der Waals surface area contributed by atoms with Crippen molar-refractivity contribution in [2.45, 2.75) is 16.7 Å². The van der Waals surface area contributed by atoms with Crippen LogP contribution in [-0.4, -0.2) is 31.8 Å². The van der Waals surface area contributed by atoms with Gasteiger partial charge < -0.3 is 20.2 Å². The molecule has 17 heteroatoms. The van der Waals surface area contributed by atoms with Crippen LogP contribution >= 0.6 is 0 Å². The summed E-state index contributed by atoms with van der Waals surface area (Å²) in [6.45, 7) is 1.86. The Morgan fingerprint density at radius 1 is 0.681 bits per heavy atom. The SMILES string of the molecule is Cc1ccc(NC(=O)c2ccc(N)cc2)cc1N=Nc1ccc(N=Nc2ccc3cc(S(=O)(=O)[O-])cc(S(=O)(=O)[O-])c3c2)cc1.[Na+].[Na+]. The van der Waals surface area contributed by atoms with Gasteiger partial charge in [0.2, 0.25) is 0 Å². The Bertz CT molecular complexity index is 2230. The Morgan fingerprint density at radius 2 is 1.26 bits per heavy atom. The first-order chi connectivity index (χ1) is 21.3. The van der Waals surface area contributed by atoms with E-state index in [0.717, 1.165) is 11.6 Å². The summed E-state index contributed by atoms with van der Waals surface area (Å²) in [6.07, 6.45) is 0. The zero-order valence-corrected chi connectivity index (χ0v) is 30.9. The molecule has 0 heterocycles. The maximum Gasteiger partial charge on any atom is 1.00 e. The van der Waals surface area contributed by atoms with Crippen molar-refractivity contribution in [2.75, 3.05) is 11.1 Å². The molecule has 0 aliphatic carbocycles. The quantitative estimate of drug-likeness (QED) is 0.102. The Hall–Kier alpha value is -3.35. The fraction of sp³-hybridized carbons (Fsp3) is 0.0333. The summed E-state index contributed by atoms with van der Waals surface area (Å²) in [5, 5.41) is 19.5. The first kappa shape index (κ1) is 38.1. The van der Waals surface area contributed by atoms with Gasteiger partial charge in [0.25, 0.3) is 5.91 Å². The van der Waals surface area contributed by atoms with E-state index in [1.54, 1.807) is 60.7 Å². The summed E-state index contributed by atoms with van der Waals surface area (Å²) < 4.78 is 69.6. The van der Waals surface area contributed by atoms with Crippen LogP contribution in [-0.2, 0) is 20.2 Å². The number of hydrogen-bond acceptors (Lipinski definition) is 12. The Kier molecular flexibility index (Phi) is 12.7. The Labute approximate surface area is 314 Å². The molecule has 3 N–H and O–H groups in total. The molecule has 5 aromatic rings. The molecule has 13 nitrogen and oxygen atoms in total. The van der Waals surface area contributed by atoms with Gasteiger partial charge in [-0.05, 0) is 103 Å². The van der Waals surface area contributed by atoms with Crippen LogP contribution in [0.3, 0.4) is 0 Å². The molecular weight excluding hydrogens is 666 g/mol. The minimum Gasteiger partial charge on any atom is -0.744 e. The van der Waals surface area contributed by atoms with Gasteiger partial charge in [0.1, 0.15) is 20.2 Å². The summed E-state index contributed by atoms with van der Waals surface area (Å²) >= 11 is 0. The molecule has 0 saturated heterocycles. The number of fused-ring (bicyclic) bond motifs is 1. The van der Waals surface area contributed by atoms with Gasteiger partial charge >= 0.3 is 59.1 Å². The largest absolute Gasteiger partial charge is 1.00 e. The summed E-state index contributed by atoms with van der Waals surface area (Å²) in [5.41, 5.74) is 9.71. The molecule has 0 atom stereocenters. The maximum absolute atomic E-state index is 12.5. The van der Waals surface area contributed by atoms with Crippen LogP contribution in [0.25, 0.3) is 10.8 Å². The van der Waals surface area contributed by atoms with E-state index < -0.39 is 30.0 Å². The second-order valence-corrected chi connectivity index (χ2v) is 12.5. The first-order valence-corrected chi connectivity index (χ1v) is 15.8. The van der Waals surface area contributed by atoms with Crippen molar-refractivity contribution in [1.29, 1.82) is 0 Å². The number of nitrogens with two attached hydrogens (primary N) is 1. The van der Waals surface area contributed by atoms with Gasteiger partial charge in [0.05, 0.1) is 32.5 Å². The number of anilines is 2. The number of hydrogen-bond donors (Lipinski definition) is 2. The number of carbonyl (C=O) groups excluding carboxylic acids is 1. The zero-order valence-electron chi connectivity index (χ0n) is 25.3. The van der Waals surface area contributed by atoms with Crippen LogP contribution in [0.5, 0.6) is 0 Å². The van der Waals surface area contributed by atoms with Gasteiger partial charge in [-0.1, -0.05) is 12.1 Å². The molecule has 0 fully saturated rings. The van der Waals surface area contributed by atoms with Gasteiger partial charge in [-0.25, -0.2) is 16.8 Å². The van der Waals surface area contributed by atoms with Crippen molar-refractivity contribution in [3.63, 3.8) is 0 Å². The van der Waals surface area contributed by atoms with Crippen molar-refractivity contribution in [1.82, 2.24) is 0 Å². The summed E-state index contributed by atoms with van der Waals surface area (Å²) in [7, 11) is -10.1. The van der Waals surface area contributed by atoms with Crippen LogP contribution in [0.2, 0.25) is 0 Å². The second-order valence-electron chi connectivity index (χ2n) is 9.73. The van der Waals surface area contributed by atoms with Gasteiger partial charge in [-0.15, -0.1) is 0 Å². The van der Waals surface area contributed by atoms with E-state index in [4.69, 9.17) is 5.73 Å². The molecule has 47 heavy (non-hydrogen) atoms. The molecule has 0 bridgehead atoms. The molecule has 1 amide bonds. The number of nitrogens with one attached hydrogen (secondary N) is 1. The van der Waals surface area contributed by atoms with E-state index in [1.807, 2.05) is 13.0 Å². The number of amides is 1. The molecule has 0 aromatic heterocycles. The van der Waals surface area contributed by atoms with E-state index >= 15 is 0 Å². The molecule has 0 saturated carbocycles. The molecule has 0 spiro atoms. The molecule has 0 aliphatic heterocycles. The monoisotopic (exact) mass is 688 g/mol. The van der Waals surface area contributed by atoms with E-state index in [1.165, 1.54) is 18.2 Å². The van der Waals surface area contributed by atoms with Crippen molar-refractivity contribution in [2.24, 2.45) is 20.5 Å². The van der Waals surface area contributed by atoms with E-state index in [2.05, 4.69) is 25.8 Å². The van der Waals surface area contributed by atoms with Crippen LogP contribution in [0.15, 0.2) is 127 Å². The minimum atomic E-state index is -5.12. The topological polar surface area (TPSA) is 219 Å². The average Bonchev–Trinajstić information content (AvgIpc) is 2.99. The summed E-state index contributed by atoms with van der Waals surface area (Å²) in [4.78, 5) is 10.9. The van der Waals surface area contributed by atoms with E-state index in [-0.39, 0.29) is 81.5 Å². The minimum absolute atomic E-state index is 0. The fourth-order valence-electron chi connectivity index (χ4n) is 4.14. The standard InChI is InChI=1S/C30H24N6O7S2.2Na/c1-18-2-8-24(32-30(37)19-3-6-21(31)7-4-19)16-28(18)36-34-23-12-10-22(11-13-23)33-35-25-9-5-20-14-26(44(38,39)40)17-29(27(20)15-25)45(41,42)43;;/h2-17H,31H2,1H3,(H,32,37)(H,38,39,40)(H,41,42,43);;/q;2*+1/p-2. The Balaban J connectivity index is 0.00000300. The normalized spacial score (nSPS) is 11.7. The van der Waals surface area contributed by atoms with E-state index in [9.17, 15) is 30.7 Å². The number of nitrogen functional groups attached to an aromatic ring is 1. The predicted molar refractivity (Wildman–Crippen MR) is 165 cm³/mol. The average molecular weight is 689 g/mol. The number of carbonyl (C=O) groups is 1. The van der Waals surface area contributed by atoms with Crippen molar-refractivity contribution in [3.8, 4) is 0 Å². The smallest absolute Gasteiger partial charge is 0.744 e. The number of rotatable bonds is 8. The maximum atomic E-state index is 12.5. The molecular formula is C30H22N6Na2O7S2. The first-order valence-electron chi connectivity index (χ1n) is 13.0. The third kappa shape index (κ3) is 9.84.